The SMILES string of the molecule is CC(=O)CN1C(=O)COc2ccc(C)cc21. The van der Waals surface area contributed by atoms with Gasteiger partial charge < -0.3 is 4.74 Å². The number of rotatable bonds is 2. The van der Waals surface area contributed by atoms with Crippen LogP contribution in [0.4, 0.5) is 5.69 Å². The average molecular weight is 219 g/mol. The van der Waals surface area contributed by atoms with Crippen molar-refractivity contribution in [1.82, 2.24) is 0 Å². The number of carbonyl (C=O) groups is 2. The Morgan fingerprint density at radius 3 is 2.94 bits per heavy atom. The van der Waals surface area contributed by atoms with Crippen LogP contribution in [0.5, 0.6) is 5.75 Å². The molecule has 2 rings (SSSR count). The van der Waals surface area contributed by atoms with Gasteiger partial charge in [-0.25, -0.2) is 0 Å². The van der Waals surface area contributed by atoms with E-state index in [1.54, 1.807) is 0 Å². The van der Waals surface area contributed by atoms with Gasteiger partial charge in [-0.05, 0) is 31.5 Å². The van der Waals surface area contributed by atoms with Gasteiger partial charge in [0.2, 0.25) is 0 Å². The Balaban J connectivity index is 2.42. The first-order valence-electron chi connectivity index (χ1n) is 5.11. The molecule has 1 aromatic rings. The number of anilines is 1. The predicted octanol–water partition coefficient (Wildman–Crippen LogP) is 1.31. The molecular formula is C12H13NO3. The summed E-state index contributed by atoms with van der Waals surface area (Å²) in [5, 5.41) is 0. The van der Waals surface area contributed by atoms with E-state index in [1.807, 2.05) is 25.1 Å². The number of fused-ring (bicyclic) bond motifs is 1. The maximum atomic E-state index is 11.7. The topological polar surface area (TPSA) is 46.6 Å². The third-order valence-corrected chi connectivity index (χ3v) is 2.44. The fourth-order valence-electron chi connectivity index (χ4n) is 1.71. The lowest BCUT2D eigenvalue weighted by atomic mass is 10.1. The predicted molar refractivity (Wildman–Crippen MR) is 59.7 cm³/mol. The molecule has 0 atom stereocenters. The van der Waals surface area contributed by atoms with Crippen molar-refractivity contribution in [2.24, 2.45) is 0 Å². The van der Waals surface area contributed by atoms with Gasteiger partial charge >= 0.3 is 0 Å². The lowest BCUT2D eigenvalue weighted by Gasteiger charge is -2.28. The summed E-state index contributed by atoms with van der Waals surface area (Å²) in [6.45, 7) is 3.52. The number of carbonyl (C=O) groups excluding carboxylic acids is 2. The minimum atomic E-state index is -0.173. The monoisotopic (exact) mass is 219 g/mol. The van der Waals surface area contributed by atoms with Gasteiger partial charge in [-0.1, -0.05) is 6.07 Å². The first kappa shape index (κ1) is 10.7. The molecule has 0 fully saturated rings. The maximum Gasteiger partial charge on any atom is 0.265 e. The number of benzene rings is 1. The summed E-state index contributed by atoms with van der Waals surface area (Å²) in [6, 6.07) is 5.60. The molecule has 1 aromatic carbocycles. The first-order chi connectivity index (χ1) is 7.58. The fraction of sp³-hybridized carbons (Fsp3) is 0.333. The van der Waals surface area contributed by atoms with E-state index in [0.717, 1.165) is 5.56 Å². The Bertz CT molecular complexity index is 454. The minimum absolute atomic E-state index is 0.00331. The highest BCUT2D eigenvalue weighted by atomic mass is 16.5. The molecule has 0 aliphatic carbocycles. The molecule has 0 bridgehead atoms. The molecule has 4 heteroatoms. The fourth-order valence-corrected chi connectivity index (χ4v) is 1.71. The van der Waals surface area contributed by atoms with Crippen LogP contribution in [0.15, 0.2) is 18.2 Å². The third kappa shape index (κ3) is 1.91. The van der Waals surface area contributed by atoms with Crippen LogP contribution < -0.4 is 9.64 Å². The third-order valence-electron chi connectivity index (χ3n) is 2.44. The van der Waals surface area contributed by atoms with E-state index in [-0.39, 0.29) is 24.8 Å². The van der Waals surface area contributed by atoms with E-state index in [9.17, 15) is 9.59 Å². The van der Waals surface area contributed by atoms with Gasteiger partial charge in [0.25, 0.3) is 5.91 Å². The van der Waals surface area contributed by atoms with Crippen molar-refractivity contribution in [2.45, 2.75) is 13.8 Å². The Labute approximate surface area is 93.8 Å². The van der Waals surface area contributed by atoms with Crippen LogP contribution in [-0.2, 0) is 9.59 Å². The zero-order valence-corrected chi connectivity index (χ0v) is 9.32. The number of Topliss-reactive ketones (excluding diaryl/α,β-unsaturated/α-hetero) is 1. The van der Waals surface area contributed by atoms with E-state index >= 15 is 0 Å². The Morgan fingerprint density at radius 1 is 1.50 bits per heavy atom. The van der Waals surface area contributed by atoms with Gasteiger partial charge in [-0.3, -0.25) is 14.5 Å². The number of aryl methyl sites for hydroxylation is 1. The van der Waals surface area contributed by atoms with Crippen molar-refractivity contribution >= 4 is 17.4 Å². The highest BCUT2D eigenvalue weighted by molar-refractivity contribution is 6.02. The average Bonchev–Trinajstić information content (AvgIpc) is 2.22. The van der Waals surface area contributed by atoms with Gasteiger partial charge in [0.1, 0.15) is 11.5 Å². The van der Waals surface area contributed by atoms with Crippen LogP contribution in [0.1, 0.15) is 12.5 Å². The Hall–Kier alpha value is -1.84. The van der Waals surface area contributed by atoms with Crippen LogP contribution >= 0.6 is 0 Å². The van der Waals surface area contributed by atoms with Crippen LogP contribution in [0.25, 0.3) is 0 Å². The molecule has 4 nitrogen and oxygen atoms in total. The lowest BCUT2D eigenvalue weighted by molar-refractivity contribution is -0.123. The van der Waals surface area contributed by atoms with Gasteiger partial charge in [-0.2, -0.15) is 0 Å². The smallest absolute Gasteiger partial charge is 0.265 e. The molecule has 1 heterocycles. The van der Waals surface area contributed by atoms with Crippen LogP contribution in [-0.4, -0.2) is 24.8 Å². The van der Waals surface area contributed by atoms with E-state index in [1.165, 1.54) is 11.8 Å². The molecule has 16 heavy (non-hydrogen) atoms. The molecule has 0 N–H and O–H groups in total. The minimum Gasteiger partial charge on any atom is -0.482 e. The van der Waals surface area contributed by atoms with Crippen molar-refractivity contribution in [3.05, 3.63) is 23.8 Å². The summed E-state index contributed by atoms with van der Waals surface area (Å²) in [5.74, 6) is 0.447. The highest BCUT2D eigenvalue weighted by Crippen LogP contribution is 2.32. The summed E-state index contributed by atoms with van der Waals surface area (Å²) < 4.78 is 5.30. The van der Waals surface area contributed by atoms with E-state index in [2.05, 4.69) is 0 Å². The number of nitrogens with zero attached hydrogens (tertiary/aromatic N) is 1. The zero-order chi connectivity index (χ0) is 11.7. The molecule has 0 saturated heterocycles. The number of amides is 1. The molecule has 1 aliphatic rings. The highest BCUT2D eigenvalue weighted by Gasteiger charge is 2.26. The second kappa shape index (κ2) is 3.96. The van der Waals surface area contributed by atoms with E-state index < -0.39 is 0 Å². The molecule has 0 spiro atoms. The van der Waals surface area contributed by atoms with Gasteiger partial charge in [0.15, 0.2) is 6.61 Å². The van der Waals surface area contributed by atoms with Crippen LogP contribution in [0, 0.1) is 6.92 Å². The molecule has 0 unspecified atom stereocenters. The lowest BCUT2D eigenvalue weighted by Crippen LogP contribution is -2.41. The van der Waals surface area contributed by atoms with Crippen molar-refractivity contribution < 1.29 is 14.3 Å². The summed E-state index contributed by atoms with van der Waals surface area (Å²) in [7, 11) is 0. The Kier molecular flexibility index (Phi) is 2.64. The zero-order valence-electron chi connectivity index (χ0n) is 9.32. The van der Waals surface area contributed by atoms with Crippen LogP contribution in [0.2, 0.25) is 0 Å². The summed E-state index contributed by atoms with van der Waals surface area (Å²) in [6.07, 6.45) is 0. The quantitative estimate of drug-likeness (QED) is 0.753. The second-order valence-corrected chi connectivity index (χ2v) is 3.94. The van der Waals surface area contributed by atoms with E-state index in [0.29, 0.717) is 11.4 Å². The Morgan fingerprint density at radius 2 is 2.25 bits per heavy atom. The van der Waals surface area contributed by atoms with Crippen molar-refractivity contribution in [1.29, 1.82) is 0 Å². The molecule has 0 saturated carbocycles. The number of hydrogen-bond donors (Lipinski definition) is 0. The molecular weight excluding hydrogens is 206 g/mol. The molecule has 0 radical (unpaired) electrons. The maximum absolute atomic E-state index is 11.7. The summed E-state index contributed by atoms with van der Waals surface area (Å²) in [5.41, 5.74) is 1.72. The number of hydrogen-bond acceptors (Lipinski definition) is 3. The standard InChI is InChI=1S/C12H13NO3/c1-8-3-4-11-10(5-8)13(6-9(2)14)12(15)7-16-11/h3-5H,6-7H2,1-2H3. The van der Waals surface area contributed by atoms with Gasteiger partial charge in [0.05, 0.1) is 12.2 Å². The summed E-state index contributed by atoms with van der Waals surface area (Å²) >= 11 is 0. The van der Waals surface area contributed by atoms with Gasteiger partial charge in [0, 0.05) is 0 Å². The van der Waals surface area contributed by atoms with Crippen molar-refractivity contribution in [3.8, 4) is 5.75 Å². The number of ketones is 1. The molecule has 1 amide bonds. The van der Waals surface area contributed by atoms with Crippen molar-refractivity contribution in [2.75, 3.05) is 18.1 Å². The molecule has 0 aromatic heterocycles. The first-order valence-corrected chi connectivity index (χ1v) is 5.11. The largest absolute Gasteiger partial charge is 0.482 e. The van der Waals surface area contributed by atoms with Gasteiger partial charge in [-0.15, -0.1) is 0 Å². The second-order valence-electron chi connectivity index (χ2n) is 3.94. The van der Waals surface area contributed by atoms with E-state index in [4.69, 9.17) is 4.74 Å². The normalized spacial score (nSPS) is 14.4. The molecule has 1 aliphatic heterocycles. The summed E-state index contributed by atoms with van der Waals surface area (Å²) in [4.78, 5) is 24.3. The molecule has 84 valence electrons. The van der Waals surface area contributed by atoms with Crippen molar-refractivity contribution in [3.63, 3.8) is 0 Å². The van der Waals surface area contributed by atoms with Crippen LogP contribution in [0.3, 0.4) is 0 Å². The number of ether oxygens (including phenoxy) is 1.